The van der Waals surface area contributed by atoms with E-state index in [1.54, 1.807) is 12.6 Å². The van der Waals surface area contributed by atoms with Crippen LogP contribution in [-0.2, 0) is 11.3 Å². The van der Waals surface area contributed by atoms with Crippen molar-refractivity contribution in [1.29, 1.82) is 0 Å². The molecule has 2 heterocycles. The highest BCUT2D eigenvalue weighted by Crippen LogP contribution is 2.22. The summed E-state index contributed by atoms with van der Waals surface area (Å²) in [4.78, 5) is 24.2. The largest absolute Gasteiger partial charge is 0.383 e. The maximum absolute atomic E-state index is 11.4. The third-order valence-corrected chi connectivity index (χ3v) is 5.71. The van der Waals surface area contributed by atoms with Gasteiger partial charge in [0.05, 0.1) is 12.2 Å². The fraction of sp³-hybridized carbons (Fsp3) is 0.435. The molecule has 0 radical (unpaired) electrons. The smallest absolute Gasteiger partial charge is 0.277 e. The number of anilines is 2. The summed E-state index contributed by atoms with van der Waals surface area (Å²) >= 11 is 0. The van der Waals surface area contributed by atoms with Crippen LogP contribution in [0.25, 0.3) is 0 Å². The topological polar surface area (TPSA) is 103 Å². The lowest BCUT2D eigenvalue weighted by Crippen LogP contribution is -2.38. The number of carbonyl (C=O) groups is 1. The van der Waals surface area contributed by atoms with E-state index in [9.17, 15) is 4.79 Å². The first-order valence-corrected chi connectivity index (χ1v) is 10.8. The predicted molar refractivity (Wildman–Crippen MR) is 124 cm³/mol. The molecule has 3 N–H and O–H groups in total. The van der Waals surface area contributed by atoms with Crippen molar-refractivity contribution in [3.05, 3.63) is 60.6 Å². The van der Waals surface area contributed by atoms with Crippen LogP contribution >= 0.6 is 0 Å². The van der Waals surface area contributed by atoms with Crippen LogP contribution in [0.2, 0.25) is 0 Å². The third-order valence-electron chi connectivity index (χ3n) is 5.71. The van der Waals surface area contributed by atoms with E-state index in [1.807, 2.05) is 12.3 Å². The molecule has 1 amide bonds. The van der Waals surface area contributed by atoms with Gasteiger partial charge in [-0.05, 0) is 43.1 Å². The van der Waals surface area contributed by atoms with E-state index >= 15 is 0 Å². The fourth-order valence-corrected chi connectivity index (χ4v) is 3.85. The molecule has 0 bridgehead atoms. The highest BCUT2D eigenvalue weighted by molar-refractivity contribution is 5.92. The summed E-state index contributed by atoms with van der Waals surface area (Å²) in [6, 6.07) is 8.36. The third kappa shape index (κ3) is 6.25. The zero-order valence-corrected chi connectivity index (χ0v) is 18.5. The molecule has 1 fully saturated rings. The Hall–Kier alpha value is -3.01. The molecule has 0 unspecified atom stereocenters. The first-order valence-electron chi connectivity index (χ1n) is 10.8. The number of methoxy groups -OCH3 is 1. The number of aromatic nitrogens is 2. The summed E-state index contributed by atoms with van der Waals surface area (Å²) in [6.07, 6.45) is 6.79. The molecule has 1 aromatic carbocycles. The molecule has 0 spiro atoms. The fourth-order valence-electron chi connectivity index (χ4n) is 3.85. The molecule has 172 valence electrons. The van der Waals surface area contributed by atoms with Crippen LogP contribution in [0, 0.1) is 5.92 Å². The molecule has 32 heavy (non-hydrogen) atoms. The number of ether oxygens (including phenoxy) is 1. The van der Waals surface area contributed by atoms with Crippen molar-refractivity contribution in [1.82, 2.24) is 20.8 Å². The van der Waals surface area contributed by atoms with Crippen molar-refractivity contribution in [2.24, 2.45) is 5.92 Å². The van der Waals surface area contributed by atoms with Gasteiger partial charge in [-0.25, -0.2) is 15.4 Å². The Morgan fingerprint density at radius 1 is 1.31 bits per heavy atom. The van der Waals surface area contributed by atoms with Gasteiger partial charge in [0, 0.05) is 51.4 Å². The zero-order chi connectivity index (χ0) is 22.8. The molecule has 1 aromatic heterocycles. The Kier molecular flexibility index (Phi) is 8.97. The van der Waals surface area contributed by atoms with Gasteiger partial charge in [0.1, 0.15) is 0 Å². The highest BCUT2D eigenvalue weighted by Gasteiger charge is 2.21. The van der Waals surface area contributed by atoms with Crippen LogP contribution in [0.3, 0.4) is 0 Å². The second-order valence-electron chi connectivity index (χ2n) is 7.77. The van der Waals surface area contributed by atoms with Gasteiger partial charge in [-0.15, -0.1) is 0 Å². The van der Waals surface area contributed by atoms with E-state index in [0.717, 1.165) is 51.3 Å². The molecular formula is C23H32N6O3. The summed E-state index contributed by atoms with van der Waals surface area (Å²) in [5, 5.41) is 12.3. The number of piperidine rings is 1. The summed E-state index contributed by atoms with van der Waals surface area (Å²) in [5.41, 5.74) is 4.20. The Balaban J connectivity index is 1.47. The minimum absolute atomic E-state index is 0.229. The maximum Gasteiger partial charge on any atom is 0.277 e. The summed E-state index contributed by atoms with van der Waals surface area (Å²) in [5.74, 6) is 0.583. The van der Waals surface area contributed by atoms with Gasteiger partial charge in [-0.2, -0.15) is 0 Å². The zero-order valence-electron chi connectivity index (χ0n) is 18.5. The molecule has 2 aromatic rings. The van der Waals surface area contributed by atoms with E-state index in [0.29, 0.717) is 18.5 Å². The number of hydrogen-bond acceptors (Lipinski definition) is 8. The lowest BCUT2D eigenvalue weighted by atomic mass is 9.97. The van der Waals surface area contributed by atoms with E-state index in [4.69, 9.17) is 9.94 Å². The van der Waals surface area contributed by atoms with Gasteiger partial charge >= 0.3 is 0 Å². The van der Waals surface area contributed by atoms with Crippen molar-refractivity contribution in [3.8, 4) is 0 Å². The summed E-state index contributed by atoms with van der Waals surface area (Å²) in [6.45, 7) is 8.84. The molecule has 1 saturated heterocycles. The molecule has 1 aliphatic rings. The van der Waals surface area contributed by atoms with Gasteiger partial charge < -0.3 is 19.9 Å². The van der Waals surface area contributed by atoms with Crippen molar-refractivity contribution in [2.75, 3.05) is 49.7 Å². The van der Waals surface area contributed by atoms with E-state index in [-0.39, 0.29) is 5.56 Å². The van der Waals surface area contributed by atoms with Crippen LogP contribution in [0.4, 0.5) is 11.6 Å². The standard InChI is InChI=1S/C23H32N6O3/c1-3-28(12-13-32-2)21-7-5-4-6-19(21)15-24-14-18-8-10-29(11-9-18)23-25-16-20(17-26-23)22(30)27-31/h3-7,16-18,24,31H,1,8-15H2,2H3,(H,27,30). The molecule has 9 nitrogen and oxygen atoms in total. The molecule has 3 rings (SSSR count). The average Bonchev–Trinajstić information content (AvgIpc) is 2.85. The molecule has 0 atom stereocenters. The minimum atomic E-state index is -0.613. The first kappa shape index (κ1) is 23.6. The highest BCUT2D eigenvalue weighted by atomic mass is 16.5. The Bertz CT molecular complexity index is 868. The van der Waals surface area contributed by atoms with Gasteiger partial charge in [-0.1, -0.05) is 24.8 Å². The molecule has 9 heteroatoms. The van der Waals surface area contributed by atoms with E-state index < -0.39 is 5.91 Å². The summed E-state index contributed by atoms with van der Waals surface area (Å²) in [7, 11) is 1.71. The number of nitrogens with one attached hydrogen (secondary N) is 2. The number of hydroxylamine groups is 1. The minimum Gasteiger partial charge on any atom is -0.383 e. The molecule has 0 saturated carbocycles. The van der Waals surface area contributed by atoms with Crippen LogP contribution < -0.4 is 20.6 Å². The van der Waals surface area contributed by atoms with Crippen molar-refractivity contribution in [3.63, 3.8) is 0 Å². The number of rotatable bonds is 11. The molecule has 1 aliphatic heterocycles. The average molecular weight is 441 g/mol. The molecular weight excluding hydrogens is 408 g/mol. The maximum atomic E-state index is 11.4. The quantitative estimate of drug-likeness (QED) is 0.361. The van der Waals surface area contributed by atoms with Crippen LogP contribution in [0.15, 0.2) is 49.4 Å². The van der Waals surface area contributed by atoms with Crippen LogP contribution in [0.5, 0.6) is 0 Å². The Morgan fingerprint density at radius 2 is 2.03 bits per heavy atom. The predicted octanol–water partition coefficient (Wildman–Crippen LogP) is 2.20. The van der Waals surface area contributed by atoms with E-state index in [2.05, 4.69) is 49.9 Å². The second kappa shape index (κ2) is 12.1. The van der Waals surface area contributed by atoms with Gasteiger partial charge in [0.15, 0.2) is 0 Å². The normalized spacial score (nSPS) is 14.2. The monoisotopic (exact) mass is 440 g/mol. The lowest BCUT2D eigenvalue weighted by molar-refractivity contribution is 0.0705. The van der Waals surface area contributed by atoms with Crippen molar-refractivity contribution in [2.45, 2.75) is 19.4 Å². The Labute approximate surface area is 189 Å². The van der Waals surface area contributed by atoms with Gasteiger partial charge in [0.25, 0.3) is 5.91 Å². The lowest BCUT2D eigenvalue weighted by Gasteiger charge is -2.32. The molecule has 0 aliphatic carbocycles. The van der Waals surface area contributed by atoms with Crippen molar-refractivity contribution < 1.29 is 14.7 Å². The SMILES string of the molecule is C=CN(CCOC)c1ccccc1CNCC1CCN(c2ncc(C(=O)NO)cn2)CC1. The van der Waals surface area contributed by atoms with Crippen LogP contribution in [-0.4, -0.2) is 61.0 Å². The number of nitrogens with zero attached hydrogens (tertiary/aromatic N) is 4. The first-order chi connectivity index (χ1) is 15.7. The number of benzene rings is 1. The number of amides is 1. The number of hydrogen-bond donors (Lipinski definition) is 3. The van der Waals surface area contributed by atoms with Gasteiger partial charge in [-0.3, -0.25) is 10.0 Å². The van der Waals surface area contributed by atoms with Crippen LogP contribution in [0.1, 0.15) is 28.8 Å². The van der Waals surface area contributed by atoms with Crippen molar-refractivity contribution >= 4 is 17.5 Å². The Morgan fingerprint density at radius 3 is 2.69 bits per heavy atom. The summed E-state index contributed by atoms with van der Waals surface area (Å²) < 4.78 is 5.21. The second-order valence-corrected chi connectivity index (χ2v) is 7.77. The number of para-hydroxylation sites is 1. The van der Waals surface area contributed by atoms with Gasteiger partial charge in [0.2, 0.25) is 5.95 Å². The number of carbonyl (C=O) groups excluding carboxylic acids is 1. The van der Waals surface area contributed by atoms with E-state index in [1.165, 1.54) is 18.0 Å².